The third-order valence-electron chi connectivity index (χ3n) is 2.93. The Morgan fingerprint density at radius 1 is 1.33 bits per heavy atom. The summed E-state index contributed by atoms with van der Waals surface area (Å²) in [5.41, 5.74) is 2.62. The van der Waals surface area contributed by atoms with E-state index in [0.29, 0.717) is 0 Å². The summed E-state index contributed by atoms with van der Waals surface area (Å²) >= 11 is 3.53. The van der Waals surface area contributed by atoms with Crippen LogP contribution in [-0.2, 0) is 6.42 Å². The second kappa shape index (κ2) is 6.21. The Morgan fingerprint density at radius 3 is 2.78 bits per heavy atom. The van der Waals surface area contributed by atoms with E-state index in [-0.39, 0.29) is 6.04 Å². The number of hydrogen-bond donors (Lipinski definition) is 1. The minimum atomic E-state index is 0.209. The van der Waals surface area contributed by atoms with Gasteiger partial charge in [0.1, 0.15) is 5.76 Å². The molecule has 0 amide bonds. The second-order valence-corrected chi connectivity index (χ2v) is 5.29. The first kappa shape index (κ1) is 13.4. The Labute approximate surface area is 117 Å². The summed E-state index contributed by atoms with van der Waals surface area (Å²) in [6.45, 7) is 5.15. The first-order valence-electron chi connectivity index (χ1n) is 6.22. The van der Waals surface area contributed by atoms with Crippen molar-refractivity contribution in [3.8, 4) is 0 Å². The number of rotatable bonds is 5. The smallest absolute Gasteiger partial charge is 0.135 e. The lowest BCUT2D eigenvalue weighted by Crippen LogP contribution is -2.22. The normalized spacial score (nSPS) is 12.6. The molecule has 2 rings (SSSR count). The molecule has 0 radical (unpaired) electrons. The SMILES string of the molecule is CCNC(Cc1cccc(C)c1)c1occc1Br. The van der Waals surface area contributed by atoms with Gasteiger partial charge >= 0.3 is 0 Å². The monoisotopic (exact) mass is 307 g/mol. The Kier molecular flexibility index (Phi) is 4.61. The Hall–Kier alpha value is -1.06. The zero-order valence-corrected chi connectivity index (χ0v) is 12.3. The van der Waals surface area contributed by atoms with Crippen LogP contribution in [0.2, 0.25) is 0 Å². The van der Waals surface area contributed by atoms with Crippen LogP contribution in [0.3, 0.4) is 0 Å². The lowest BCUT2D eigenvalue weighted by atomic mass is 10.0. The van der Waals surface area contributed by atoms with Crippen LogP contribution < -0.4 is 5.32 Å². The lowest BCUT2D eigenvalue weighted by Gasteiger charge is -2.16. The lowest BCUT2D eigenvalue weighted by molar-refractivity contribution is 0.414. The zero-order valence-electron chi connectivity index (χ0n) is 10.7. The van der Waals surface area contributed by atoms with Gasteiger partial charge in [-0.3, -0.25) is 0 Å². The van der Waals surface area contributed by atoms with E-state index in [1.807, 2.05) is 6.07 Å². The first-order chi connectivity index (χ1) is 8.70. The Morgan fingerprint density at radius 2 is 2.17 bits per heavy atom. The summed E-state index contributed by atoms with van der Waals surface area (Å²) in [7, 11) is 0. The van der Waals surface area contributed by atoms with Crippen LogP contribution in [0.5, 0.6) is 0 Å². The minimum Gasteiger partial charge on any atom is -0.466 e. The van der Waals surface area contributed by atoms with Crippen molar-refractivity contribution in [1.82, 2.24) is 5.32 Å². The van der Waals surface area contributed by atoms with Gasteiger partial charge in [-0.2, -0.15) is 0 Å². The molecule has 0 spiro atoms. The predicted molar refractivity (Wildman–Crippen MR) is 77.7 cm³/mol. The van der Waals surface area contributed by atoms with Crippen LogP contribution in [0, 0.1) is 6.92 Å². The van der Waals surface area contributed by atoms with Crippen LogP contribution >= 0.6 is 15.9 Å². The van der Waals surface area contributed by atoms with Gasteiger partial charge in [0.05, 0.1) is 16.8 Å². The number of halogens is 1. The van der Waals surface area contributed by atoms with Crippen molar-refractivity contribution in [1.29, 1.82) is 0 Å². The Balaban J connectivity index is 2.19. The minimum absolute atomic E-state index is 0.209. The maximum atomic E-state index is 5.57. The van der Waals surface area contributed by atoms with Crippen molar-refractivity contribution in [2.24, 2.45) is 0 Å². The molecule has 0 aliphatic rings. The van der Waals surface area contributed by atoms with Gasteiger partial charge in [0.2, 0.25) is 0 Å². The number of likely N-dealkylation sites (N-methyl/N-ethyl adjacent to an activating group) is 1. The molecule has 2 aromatic rings. The predicted octanol–water partition coefficient (Wildman–Crippen LogP) is 4.24. The van der Waals surface area contributed by atoms with Crippen LogP contribution in [0.25, 0.3) is 0 Å². The third-order valence-corrected chi connectivity index (χ3v) is 3.59. The van der Waals surface area contributed by atoms with Crippen LogP contribution in [0.1, 0.15) is 29.9 Å². The first-order valence-corrected chi connectivity index (χ1v) is 7.01. The quantitative estimate of drug-likeness (QED) is 0.893. The highest BCUT2D eigenvalue weighted by Gasteiger charge is 2.17. The van der Waals surface area contributed by atoms with Crippen molar-refractivity contribution in [3.63, 3.8) is 0 Å². The summed E-state index contributed by atoms with van der Waals surface area (Å²) in [6, 6.07) is 10.8. The molecule has 18 heavy (non-hydrogen) atoms. The zero-order chi connectivity index (χ0) is 13.0. The molecule has 0 bridgehead atoms. The molecule has 3 heteroatoms. The molecule has 1 N–H and O–H groups in total. The molecule has 0 fully saturated rings. The van der Waals surface area contributed by atoms with Crippen LogP contribution in [0.15, 0.2) is 45.5 Å². The topological polar surface area (TPSA) is 25.2 Å². The maximum Gasteiger partial charge on any atom is 0.135 e. The van der Waals surface area contributed by atoms with E-state index in [1.54, 1.807) is 6.26 Å². The van der Waals surface area contributed by atoms with Crippen molar-refractivity contribution in [2.75, 3.05) is 6.54 Å². The molecule has 1 aromatic carbocycles. The summed E-state index contributed by atoms with van der Waals surface area (Å²) in [5, 5.41) is 3.47. The molecule has 1 atom stereocenters. The molecule has 1 heterocycles. The van der Waals surface area contributed by atoms with E-state index in [4.69, 9.17) is 4.42 Å². The van der Waals surface area contributed by atoms with E-state index in [2.05, 4.69) is 59.4 Å². The van der Waals surface area contributed by atoms with E-state index >= 15 is 0 Å². The fourth-order valence-electron chi connectivity index (χ4n) is 2.13. The van der Waals surface area contributed by atoms with Crippen LogP contribution in [-0.4, -0.2) is 6.54 Å². The molecular formula is C15H18BrNO. The molecule has 1 unspecified atom stereocenters. The summed E-state index contributed by atoms with van der Waals surface area (Å²) in [6.07, 6.45) is 2.65. The fraction of sp³-hybridized carbons (Fsp3) is 0.333. The van der Waals surface area contributed by atoms with E-state index < -0.39 is 0 Å². The number of hydrogen-bond acceptors (Lipinski definition) is 2. The number of nitrogens with one attached hydrogen (secondary N) is 1. The van der Waals surface area contributed by atoms with Crippen LogP contribution in [0.4, 0.5) is 0 Å². The van der Waals surface area contributed by atoms with Gasteiger partial charge in [0.25, 0.3) is 0 Å². The summed E-state index contributed by atoms with van der Waals surface area (Å²) in [5.74, 6) is 0.971. The van der Waals surface area contributed by atoms with Gasteiger partial charge < -0.3 is 9.73 Å². The molecule has 2 nitrogen and oxygen atoms in total. The summed E-state index contributed by atoms with van der Waals surface area (Å²) in [4.78, 5) is 0. The fourth-order valence-corrected chi connectivity index (χ4v) is 2.61. The second-order valence-electron chi connectivity index (χ2n) is 4.44. The highest BCUT2D eigenvalue weighted by molar-refractivity contribution is 9.10. The van der Waals surface area contributed by atoms with Gasteiger partial charge in [-0.05, 0) is 47.4 Å². The molecular weight excluding hydrogens is 290 g/mol. The largest absolute Gasteiger partial charge is 0.466 e. The highest BCUT2D eigenvalue weighted by atomic mass is 79.9. The number of aryl methyl sites for hydroxylation is 1. The number of furan rings is 1. The van der Waals surface area contributed by atoms with Crippen molar-refractivity contribution in [3.05, 3.63) is 58.0 Å². The Bertz CT molecular complexity index is 507. The molecule has 0 aliphatic heterocycles. The van der Waals surface area contributed by atoms with Gasteiger partial charge in [-0.25, -0.2) is 0 Å². The van der Waals surface area contributed by atoms with Gasteiger partial charge in [-0.1, -0.05) is 36.8 Å². The average Bonchev–Trinajstić information content (AvgIpc) is 2.75. The highest BCUT2D eigenvalue weighted by Crippen LogP contribution is 2.27. The standard InChI is InChI=1S/C15H18BrNO/c1-3-17-14(15-13(16)7-8-18-15)10-12-6-4-5-11(2)9-12/h4-9,14,17H,3,10H2,1-2H3. The molecule has 0 aliphatic carbocycles. The van der Waals surface area contributed by atoms with E-state index in [9.17, 15) is 0 Å². The average molecular weight is 308 g/mol. The van der Waals surface area contributed by atoms with Crippen molar-refractivity contribution >= 4 is 15.9 Å². The van der Waals surface area contributed by atoms with Crippen molar-refractivity contribution < 1.29 is 4.42 Å². The third kappa shape index (κ3) is 3.24. The van der Waals surface area contributed by atoms with Gasteiger partial charge in [0.15, 0.2) is 0 Å². The maximum absolute atomic E-state index is 5.57. The van der Waals surface area contributed by atoms with Crippen molar-refractivity contribution in [2.45, 2.75) is 26.3 Å². The van der Waals surface area contributed by atoms with Gasteiger partial charge in [0, 0.05) is 0 Å². The molecule has 0 saturated heterocycles. The molecule has 96 valence electrons. The molecule has 1 aromatic heterocycles. The van der Waals surface area contributed by atoms with E-state index in [0.717, 1.165) is 23.2 Å². The van der Waals surface area contributed by atoms with E-state index in [1.165, 1.54) is 11.1 Å². The molecule has 0 saturated carbocycles. The van der Waals surface area contributed by atoms with Gasteiger partial charge in [-0.15, -0.1) is 0 Å². The number of benzene rings is 1. The summed E-state index contributed by atoms with van der Waals surface area (Å²) < 4.78 is 6.60.